The van der Waals surface area contributed by atoms with Crippen LogP contribution in [0.15, 0.2) is 35.2 Å². The molecule has 1 saturated carbocycles. The number of hydrogen-bond donors (Lipinski definition) is 1. The zero-order valence-corrected chi connectivity index (χ0v) is 11.7. The summed E-state index contributed by atoms with van der Waals surface area (Å²) in [7, 11) is -3.52. The summed E-state index contributed by atoms with van der Waals surface area (Å²) in [6, 6.07) is 8.43. The molecular weight excluding hydrogens is 248 g/mol. The van der Waals surface area contributed by atoms with E-state index in [-0.39, 0.29) is 0 Å². The highest BCUT2D eigenvalue weighted by molar-refractivity contribution is 7.93. The highest BCUT2D eigenvalue weighted by atomic mass is 32.2. The molecule has 1 aliphatic carbocycles. The van der Waals surface area contributed by atoms with E-state index in [1.807, 2.05) is 0 Å². The summed E-state index contributed by atoms with van der Waals surface area (Å²) in [6.07, 6.45) is 2.78. The topological polar surface area (TPSA) is 54.4 Å². The molecule has 0 spiro atoms. The van der Waals surface area contributed by atoms with Crippen LogP contribution < -0.4 is 0 Å². The molecule has 0 bridgehead atoms. The molecule has 1 aromatic rings. The molecule has 0 radical (unpaired) electrons. The Hall–Kier alpha value is -0.870. The molecule has 0 amide bonds. The Kier molecular flexibility index (Phi) is 3.28. The number of hydrogen-bond acceptors (Lipinski definition) is 3. The van der Waals surface area contributed by atoms with Crippen molar-refractivity contribution in [3.05, 3.63) is 30.3 Å². The molecular formula is C14H20O3S. The summed E-state index contributed by atoms with van der Waals surface area (Å²) in [6.45, 7) is 3.32. The van der Waals surface area contributed by atoms with Crippen molar-refractivity contribution in [1.29, 1.82) is 0 Å². The smallest absolute Gasteiger partial charge is 0.186 e. The Morgan fingerprint density at radius 3 is 2.17 bits per heavy atom. The van der Waals surface area contributed by atoms with Crippen LogP contribution in [0.5, 0.6) is 0 Å². The fourth-order valence-corrected chi connectivity index (χ4v) is 4.88. The van der Waals surface area contributed by atoms with Crippen molar-refractivity contribution in [3.8, 4) is 0 Å². The van der Waals surface area contributed by atoms with E-state index in [4.69, 9.17) is 0 Å². The monoisotopic (exact) mass is 268 g/mol. The van der Waals surface area contributed by atoms with Crippen LogP contribution in [-0.4, -0.2) is 23.9 Å². The average Bonchev–Trinajstić information content (AvgIpc) is 2.34. The van der Waals surface area contributed by atoms with Gasteiger partial charge in [-0.05, 0) is 38.8 Å². The maximum absolute atomic E-state index is 12.8. The normalized spacial score (nSPS) is 33.3. The van der Waals surface area contributed by atoms with Crippen LogP contribution in [0.3, 0.4) is 0 Å². The zero-order chi connectivity index (χ0) is 13.4. The van der Waals surface area contributed by atoms with Gasteiger partial charge in [0.2, 0.25) is 0 Å². The van der Waals surface area contributed by atoms with Gasteiger partial charge < -0.3 is 5.11 Å². The second-order valence-electron chi connectivity index (χ2n) is 5.53. The third-order valence-corrected chi connectivity index (χ3v) is 7.08. The van der Waals surface area contributed by atoms with E-state index in [9.17, 15) is 13.5 Å². The summed E-state index contributed by atoms with van der Waals surface area (Å²) in [5.74, 6) is 0. The maximum atomic E-state index is 12.8. The second-order valence-corrected chi connectivity index (χ2v) is 7.91. The van der Waals surface area contributed by atoms with Gasteiger partial charge in [0.15, 0.2) is 9.84 Å². The number of rotatable bonds is 2. The molecule has 0 heterocycles. The van der Waals surface area contributed by atoms with Crippen molar-refractivity contribution in [3.63, 3.8) is 0 Å². The molecule has 100 valence electrons. The van der Waals surface area contributed by atoms with Crippen molar-refractivity contribution in [2.75, 3.05) is 0 Å². The van der Waals surface area contributed by atoms with Gasteiger partial charge in [-0.3, -0.25) is 0 Å². The molecule has 0 aromatic heterocycles. The summed E-state index contributed by atoms with van der Waals surface area (Å²) < 4.78 is 24.4. The van der Waals surface area contributed by atoms with Crippen LogP contribution in [-0.2, 0) is 9.84 Å². The van der Waals surface area contributed by atoms with Crippen LogP contribution in [0.1, 0.15) is 39.5 Å². The molecule has 4 heteroatoms. The van der Waals surface area contributed by atoms with Crippen molar-refractivity contribution in [2.45, 2.75) is 54.8 Å². The first-order valence-electron chi connectivity index (χ1n) is 6.33. The highest BCUT2D eigenvalue weighted by Crippen LogP contribution is 2.45. The lowest BCUT2D eigenvalue weighted by Crippen LogP contribution is -2.57. The molecule has 3 nitrogen and oxygen atoms in total. The predicted molar refractivity (Wildman–Crippen MR) is 71.1 cm³/mol. The number of sulfone groups is 1. The average molecular weight is 268 g/mol. The summed E-state index contributed by atoms with van der Waals surface area (Å²) in [5, 5.41) is 10.5. The Balaban J connectivity index is 2.53. The lowest BCUT2D eigenvalue weighted by atomic mass is 9.77. The van der Waals surface area contributed by atoms with Gasteiger partial charge in [0.05, 0.1) is 10.5 Å². The molecule has 1 fully saturated rings. The van der Waals surface area contributed by atoms with Gasteiger partial charge in [0, 0.05) is 0 Å². The van der Waals surface area contributed by atoms with Crippen molar-refractivity contribution in [1.82, 2.24) is 0 Å². The van der Waals surface area contributed by atoms with Crippen molar-refractivity contribution >= 4 is 9.84 Å². The largest absolute Gasteiger partial charge is 0.389 e. The molecule has 18 heavy (non-hydrogen) atoms. The quantitative estimate of drug-likeness (QED) is 0.896. The maximum Gasteiger partial charge on any atom is 0.186 e. The van der Waals surface area contributed by atoms with Gasteiger partial charge in [-0.1, -0.05) is 31.0 Å². The SMILES string of the molecule is CC1(O)CCCCC1(C)S(=O)(=O)c1ccccc1. The lowest BCUT2D eigenvalue weighted by Gasteiger charge is -2.45. The molecule has 0 saturated heterocycles. The van der Waals surface area contributed by atoms with Crippen LogP contribution in [0.4, 0.5) is 0 Å². The Bertz CT molecular complexity index is 519. The van der Waals surface area contributed by atoms with E-state index in [1.165, 1.54) is 0 Å². The first-order valence-corrected chi connectivity index (χ1v) is 7.82. The molecule has 2 rings (SSSR count). The van der Waals surface area contributed by atoms with Gasteiger partial charge in [-0.15, -0.1) is 0 Å². The van der Waals surface area contributed by atoms with E-state index in [1.54, 1.807) is 44.2 Å². The number of benzene rings is 1. The van der Waals surface area contributed by atoms with Gasteiger partial charge >= 0.3 is 0 Å². The first kappa shape index (κ1) is 13.6. The van der Waals surface area contributed by atoms with E-state index in [0.717, 1.165) is 12.8 Å². The van der Waals surface area contributed by atoms with Crippen LogP contribution >= 0.6 is 0 Å². The highest BCUT2D eigenvalue weighted by Gasteiger charge is 2.54. The van der Waals surface area contributed by atoms with E-state index >= 15 is 0 Å². The van der Waals surface area contributed by atoms with Crippen molar-refractivity contribution < 1.29 is 13.5 Å². The molecule has 1 aromatic carbocycles. The van der Waals surface area contributed by atoms with E-state index < -0.39 is 20.2 Å². The minimum Gasteiger partial charge on any atom is -0.389 e. The molecule has 2 atom stereocenters. The predicted octanol–water partition coefficient (Wildman–Crippen LogP) is 2.54. The van der Waals surface area contributed by atoms with E-state index in [2.05, 4.69) is 0 Å². The van der Waals surface area contributed by atoms with Gasteiger partial charge in [-0.25, -0.2) is 8.42 Å². The van der Waals surface area contributed by atoms with Gasteiger partial charge in [-0.2, -0.15) is 0 Å². The molecule has 1 N–H and O–H groups in total. The lowest BCUT2D eigenvalue weighted by molar-refractivity contribution is -0.00986. The number of aliphatic hydroxyl groups is 1. The summed E-state index contributed by atoms with van der Waals surface area (Å²) in [5.41, 5.74) is -1.17. The Labute approximate surface area is 109 Å². The first-order chi connectivity index (χ1) is 8.31. The van der Waals surface area contributed by atoms with Crippen LogP contribution in [0.25, 0.3) is 0 Å². The standard InChI is InChI=1S/C14H20O3S/c1-13(15)10-6-7-11-14(13,2)18(16,17)12-8-4-3-5-9-12/h3-5,8-9,15H,6-7,10-11H2,1-2H3. The van der Waals surface area contributed by atoms with E-state index in [0.29, 0.717) is 17.7 Å². The fraction of sp³-hybridized carbons (Fsp3) is 0.571. The molecule has 2 unspecified atom stereocenters. The van der Waals surface area contributed by atoms with Gasteiger partial charge in [0.1, 0.15) is 4.75 Å². The fourth-order valence-electron chi connectivity index (χ4n) is 2.75. The zero-order valence-electron chi connectivity index (χ0n) is 10.9. The van der Waals surface area contributed by atoms with Crippen LogP contribution in [0, 0.1) is 0 Å². The van der Waals surface area contributed by atoms with Crippen molar-refractivity contribution in [2.24, 2.45) is 0 Å². The molecule has 0 aliphatic heterocycles. The third-order valence-electron chi connectivity index (χ3n) is 4.35. The van der Waals surface area contributed by atoms with Crippen LogP contribution in [0.2, 0.25) is 0 Å². The van der Waals surface area contributed by atoms with Gasteiger partial charge in [0.25, 0.3) is 0 Å². The Morgan fingerprint density at radius 1 is 1.06 bits per heavy atom. The second kappa shape index (κ2) is 4.35. The Morgan fingerprint density at radius 2 is 1.61 bits per heavy atom. The molecule has 1 aliphatic rings. The summed E-state index contributed by atoms with van der Waals surface area (Å²) >= 11 is 0. The minimum absolute atomic E-state index is 0.301. The third kappa shape index (κ3) is 1.88. The summed E-state index contributed by atoms with van der Waals surface area (Å²) in [4.78, 5) is 0.301. The minimum atomic E-state index is -3.52.